The highest BCUT2D eigenvalue weighted by molar-refractivity contribution is 7.80. The number of thiocarbonyl (C=S) groups is 1. The van der Waals surface area contributed by atoms with Crippen molar-refractivity contribution in [3.63, 3.8) is 0 Å². The summed E-state index contributed by atoms with van der Waals surface area (Å²) >= 11 is 11.3. The van der Waals surface area contributed by atoms with Gasteiger partial charge in [-0.05, 0) is 43.3 Å². The topological polar surface area (TPSA) is 24.1 Å². The number of halogens is 1. The molecular weight excluding hydrogens is 276 g/mol. The van der Waals surface area contributed by atoms with E-state index in [1.54, 1.807) is 0 Å². The monoisotopic (exact) mass is 298 g/mol. The zero-order chi connectivity index (χ0) is 14.1. The van der Waals surface area contributed by atoms with Gasteiger partial charge in [0.25, 0.3) is 0 Å². The van der Waals surface area contributed by atoms with E-state index in [0.717, 1.165) is 29.2 Å². The molecule has 106 valence electrons. The van der Waals surface area contributed by atoms with E-state index in [9.17, 15) is 0 Å². The van der Waals surface area contributed by atoms with Crippen molar-refractivity contribution in [2.24, 2.45) is 0 Å². The lowest BCUT2D eigenvalue weighted by Crippen LogP contribution is -2.29. The minimum Gasteiger partial charge on any atom is -0.362 e. The molecule has 0 bridgehead atoms. The van der Waals surface area contributed by atoms with Crippen LogP contribution in [0.15, 0.2) is 18.2 Å². The Balaban J connectivity index is 2.21. The van der Waals surface area contributed by atoms with Gasteiger partial charge in [-0.2, -0.15) is 0 Å². The average Bonchev–Trinajstić information content (AvgIpc) is 2.38. The number of unbranched alkanes of at least 4 members (excludes halogenated alkanes) is 4. The number of hydrogen-bond acceptors (Lipinski definition) is 1. The second-order valence-corrected chi connectivity index (χ2v) is 5.57. The highest BCUT2D eigenvalue weighted by Gasteiger charge is 2.00. The fourth-order valence-corrected chi connectivity index (χ4v) is 2.18. The number of benzene rings is 1. The van der Waals surface area contributed by atoms with Gasteiger partial charge in [0.1, 0.15) is 0 Å². The molecule has 0 atom stereocenters. The molecular formula is C15H23ClN2S. The third kappa shape index (κ3) is 6.79. The third-order valence-corrected chi connectivity index (χ3v) is 3.65. The van der Waals surface area contributed by atoms with Crippen molar-refractivity contribution in [2.75, 3.05) is 11.9 Å². The minimum absolute atomic E-state index is 0.662. The van der Waals surface area contributed by atoms with Crippen LogP contribution in [0.1, 0.15) is 44.6 Å². The predicted molar refractivity (Wildman–Crippen MR) is 89.2 cm³/mol. The first-order valence-corrected chi connectivity index (χ1v) is 7.73. The molecule has 0 amide bonds. The first-order valence-electron chi connectivity index (χ1n) is 6.94. The Labute approximate surface area is 126 Å². The maximum absolute atomic E-state index is 6.07. The molecule has 1 aromatic rings. The van der Waals surface area contributed by atoms with Crippen molar-refractivity contribution >= 4 is 34.6 Å². The summed E-state index contributed by atoms with van der Waals surface area (Å²) in [5, 5.41) is 7.79. The van der Waals surface area contributed by atoms with Crippen LogP contribution in [0.5, 0.6) is 0 Å². The minimum atomic E-state index is 0.662. The second-order valence-electron chi connectivity index (χ2n) is 4.76. The number of rotatable bonds is 7. The largest absolute Gasteiger partial charge is 0.362 e. The average molecular weight is 299 g/mol. The molecule has 0 heterocycles. The molecule has 19 heavy (non-hydrogen) atoms. The van der Waals surface area contributed by atoms with Gasteiger partial charge in [0.05, 0.1) is 0 Å². The predicted octanol–water partition coefficient (Wildman–Crippen LogP) is 4.91. The number of aryl methyl sites for hydroxylation is 1. The Hall–Kier alpha value is -0.800. The van der Waals surface area contributed by atoms with E-state index in [-0.39, 0.29) is 0 Å². The molecule has 0 saturated heterocycles. The molecule has 0 spiro atoms. The van der Waals surface area contributed by atoms with Crippen LogP contribution in [-0.2, 0) is 0 Å². The SMILES string of the molecule is CCCCCCCNC(=S)Nc1ccc(C)c(Cl)c1. The van der Waals surface area contributed by atoms with Crippen molar-refractivity contribution in [3.8, 4) is 0 Å². The number of anilines is 1. The molecule has 0 radical (unpaired) electrons. The van der Waals surface area contributed by atoms with Crippen molar-refractivity contribution < 1.29 is 0 Å². The highest BCUT2D eigenvalue weighted by Crippen LogP contribution is 2.19. The molecule has 0 aliphatic rings. The quantitative estimate of drug-likeness (QED) is 0.553. The van der Waals surface area contributed by atoms with Crippen LogP contribution in [0.4, 0.5) is 5.69 Å². The summed E-state index contributed by atoms with van der Waals surface area (Å²) in [6.07, 6.45) is 6.34. The van der Waals surface area contributed by atoms with E-state index in [1.807, 2.05) is 25.1 Å². The van der Waals surface area contributed by atoms with Crippen molar-refractivity contribution in [2.45, 2.75) is 46.0 Å². The normalized spacial score (nSPS) is 10.3. The van der Waals surface area contributed by atoms with Gasteiger partial charge >= 0.3 is 0 Å². The summed E-state index contributed by atoms with van der Waals surface area (Å²) in [7, 11) is 0. The van der Waals surface area contributed by atoms with Crippen LogP contribution in [0.2, 0.25) is 5.02 Å². The van der Waals surface area contributed by atoms with Gasteiger partial charge in [0.15, 0.2) is 5.11 Å². The van der Waals surface area contributed by atoms with Gasteiger partial charge in [-0.15, -0.1) is 0 Å². The smallest absolute Gasteiger partial charge is 0.170 e. The van der Waals surface area contributed by atoms with E-state index in [4.69, 9.17) is 23.8 Å². The third-order valence-electron chi connectivity index (χ3n) is 3.00. The fourth-order valence-electron chi connectivity index (χ4n) is 1.78. The highest BCUT2D eigenvalue weighted by atomic mass is 35.5. The Kier molecular flexibility index (Phi) is 7.84. The van der Waals surface area contributed by atoms with Gasteiger partial charge in [-0.25, -0.2) is 0 Å². The van der Waals surface area contributed by atoms with Gasteiger partial charge in [0, 0.05) is 17.3 Å². The first kappa shape index (κ1) is 16.3. The van der Waals surface area contributed by atoms with Crippen molar-refractivity contribution in [3.05, 3.63) is 28.8 Å². The Morgan fingerprint density at radius 1 is 1.21 bits per heavy atom. The van der Waals surface area contributed by atoms with Gasteiger partial charge in [-0.1, -0.05) is 50.3 Å². The van der Waals surface area contributed by atoms with Crippen LogP contribution in [0.3, 0.4) is 0 Å². The van der Waals surface area contributed by atoms with Crippen LogP contribution >= 0.6 is 23.8 Å². The molecule has 0 aromatic heterocycles. The van der Waals surface area contributed by atoms with Crippen molar-refractivity contribution in [1.82, 2.24) is 5.32 Å². The zero-order valence-corrected chi connectivity index (χ0v) is 13.3. The molecule has 4 heteroatoms. The van der Waals surface area contributed by atoms with Crippen molar-refractivity contribution in [1.29, 1.82) is 0 Å². The second kappa shape index (κ2) is 9.16. The fraction of sp³-hybridized carbons (Fsp3) is 0.533. The molecule has 2 nitrogen and oxygen atoms in total. The Morgan fingerprint density at radius 3 is 2.63 bits per heavy atom. The molecule has 0 saturated carbocycles. The van der Waals surface area contributed by atoms with Gasteiger partial charge in [0.2, 0.25) is 0 Å². The standard InChI is InChI=1S/C15H23ClN2S/c1-3-4-5-6-7-10-17-15(19)18-13-9-8-12(2)14(16)11-13/h8-9,11H,3-7,10H2,1-2H3,(H2,17,18,19). The van der Waals surface area contributed by atoms with Crippen LogP contribution in [-0.4, -0.2) is 11.7 Å². The van der Waals surface area contributed by atoms with E-state index in [2.05, 4.69) is 17.6 Å². The summed E-state index contributed by atoms with van der Waals surface area (Å²) in [5.74, 6) is 0. The molecule has 0 unspecified atom stereocenters. The molecule has 0 aliphatic carbocycles. The Morgan fingerprint density at radius 2 is 1.95 bits per heavy atom. The molecule has 1 rings (SSSR count). The van der Waals surface area contributed by atoms with E-state index >= 15 is 0 Å². The number of hydrogen-bond donors (Lipinski definition) is 2. The first-order chi connectivity index (χ1) is 9.13. The summed E-state index contributed by atoms with van der Waals surface area (Å²) in [4.78, 5) is 0. The maximum Gasteiger partial charge on any atom is 0.170 e. The van der Waals surface area contributed by atoms with Gasteiger partial charge < -0.3 is 10.6 Å². The molecule has 0 fully saturated rings. The van der Waals surface area contributed by atoms with E-state index < -0.39 is 0 Å². The lowest BCUT2D eigenvalue weighted by Gasteiger charge is -2.11. The molecule has 1 aromatic carbocycles. The van der Waals surface area contributed by atoms with E-state index in [1.165, 1.54) is 25.7 Å². The molecule has 2 N–H and O–H groups in total. The summed E-state index contributed by atoms with van der Waals surface area (Å²) in [5.41, 5.74) is 2.00. The number of nitrogens with one attached hydrogen (secondary N) is 2. The van der Waals surface area contributed by atoms with Crippen LogP contribution < -0.4 is 10.6 Å². The van der Waals surface area contributed by atoms with E-state index in [0.29, 0.717) is 5.11 Å². The lowest BCUT2D eigenvalue weighted by atomic mass is 10.1. The summed E-state index contributed by atoms with van der Waals surface area (Å²) < 4.78 is 0. The molecule has 0 aliphatic heterocycles. The zero-order valence-electron chi connectivity index (χ0n) is 11.8. The van der Waals surface area contributed by atoms with Gasteiger partial charge in [-0.3, -0.25) is 0 Å². The maximum atomic E-state index is 6.07. The summed E-state index contributed by atoms with van der Waals surface area (Å²) in [6.45, 7) is 5.14. The van der Waals surface area contributed by atoms with Crippen LogP contribution in [0.25, 0.3) is 0 Å². The Bertz CT molecular complexity index is 407. The van der Waals surface area contributed by atoms with Crippen LogP contribution in [0, 0.1) is 6.92 Å². The summed E-state index contributed by atoms with van der Waals surface area (Å²) in [6, 6.07) is 5.86. The lowest BCUT2D eigenvalue weighted by molar-refractivity contribution is 0.625.